The Labute approximate surface area is 77.0 Å². The Kier molecular flexibility index (Phi) is 1.05. The first-order valence-corrected chi connectivity index (χ1v) is 5.99. The van der Waals surface area contributed by atoms with E-state index >= 15 is 0 Å². The Morgan fingerprint density at radius 3 is 2.85 bits per heavy atom. The molecule has 3 heterocycles. The normalized spacial score (nSPS) is 49.5. The molecule has 0 aromatic carbocycles. The van der Waals surface area contributed by atoms with Crippen molar-refractivity contribution in [2.75, 3.05) is 5.75 Å². The highest BCUT2D eigenvalue weighted by Gasteiger charge is 2.57. The lowest BCUT2D eigenvalue weighted by Gasteiger charge is -2.18. The molecule has 13 heavy (non-hydrogen) atoms. The predicted molar refractivity (Wildman–Crippen MR) is 47.8 cm³/mol. The number of rotatable bonds is 0. The first kappa shape index (κ1) is 7.76. The van der Waals surface area contributed by atoms with Gasteiger partial charge in [0.1, 0.15) is 5.60 Å². The zero-order valence-corrected chi connectivity index (χ0v) is 8.10. The monoisotopic (exact) mass is 198 g/mol. The van der Waals surface area contributed by atoms with Crippen LogP contribution in [0.1, 0.15) is 13.3 Å². The molecule has 3 nitrogen and oxygen atoms in total. The molecule has 0 aliphatic carbocycles. The molecule has 0 N–H and O–H groups in total. The standard InChI is InChI=1S/C9H10O3S/c1-8-2-3-9(12-8)6-13(10,11)5-7(9)4-8/h2-3,5H,4,6H2,1H3/t8-,9-/m1/s1. The summed E-state index contributed by atoms with van der Waals surface area (Å²) >= 11 is 0. The molecule has 0 radical (unpaired) electrons. The van der Waals surface area contributed by atoms with Gasteiger partial charge in [0, 0.05) is 11.8 Å². The summed E-state index contributed by atoms with van der Waals surface area (Å²) in [5, 5.41) is 1.39. The summed E-state index contributed by atoms with van der Waals surface area (Å²) in [4.78, 5) is 0. The van der Waals surface area contributed by atoms with Crippen LogP contribution in [-0.2, 0) is 14.6 Å². The minimum Gasteiger partial charge on any atom is -0.355 e. The molecule has 3 aliphatic rings. The number of ether oxygens (including phenoxy) is 1. The van der Waals surface area contributed by atoms with Crippen LogP contribution in [0.15, 0.2) is 23.1 Å². The molecule has 0 aromatic rings. The van der Waals surface area contributed by atoms with Gasteiger partial charge in [-0.25, -0.2) is 8.42 Å². The minimum absolute atomic E-state index is 0.0986. The van der Waals surface area contributed by atoms with E-state index in [0.717, 1.165) is 12.0 Å². The highest BCUT2D eigenvalue weighted by Crippen LogP contribution is 2.52. The van der Waals surface area contributed by atoms with E-state index in [2.05, 4.69) is 0 Å². The summed E-state index contributed by atoms with van der Waals surface area (Å²) in [5.41, 5.74) is 0.0903. The van der Waals surface area contributed by atoms with Crippen LogP contribution in [0.25, 0.3) is 0 Å². The summed E-state index contributed by atoms with van der Waals surface area (Å²) in [6.07, 6.45) is 4.60. The van der Waals surface area contributed by atoms with E-state index in [0.29, 0.717) is 0 Å². The van der Waals surface area contributed by atoms with Crippen molar-refractivity contribution in [2.24, 2.45) is 0 Å². The molecule has 2 atom stereocenters. The summed E-state index contributed by atoms with van der Waals surface area (Å²) < 4.78 is 28.4. The van der Waals surface area contributed by atoms with Crippen LogP contribution >= 0.6 is 0 Å². The van der Waals surface area contributed by atoms with Gasteiger partial charge in [-0.05, 0) is 18.6 Å². The lowest BCUT2D eigenvalue weighted by molar-refractivity contribution is -0.0000542. The molecular formula is C9H10O3S. The fraction of sp³-hybridized carbons (Fsp3) is 0.556. The molecule has 0 saturated carbocycles. The minimum atomic E-state index is -3.01. The molecule has 2 bridgehead atoms. The fourth-order valence-electron chi connectivity index (χ4n) is 2.46. The van der Waals surface area contributed by atoms with Crippen LogP contribution in [0.5, 0.6) is 0 Å². The third kappa shape index (κ3) is 0.849. The van der Waals surface area contributed by atoms with Gasteiger partial charge in [0.15, 0.2) is 9.84 Å². The maximum absolute atomic E-state index is 11.3. The van der Waals surface area contributed by atoms with Gasteiger partial charge in [-0.15, -0.1) is 0 Å². The number of hydrogen-bond acceptors (Lipinski definition) is 3. The zero-order chi connectivity index (χ0) is 9.32. The Morgan fingerprint density at radius 2 is 2.23 bits per heavy atom. The van der Waals surface area contributed by atoms with E-state index < -0.39 is 15.4 Å². The molecule has 3 aliphatic heterocycles. The average molecular weight is 198 g/mol. The number of sulfone groups is 1. The summed E-state index contributed by atoms with van der Waals surface area (Å²) in [6, 6.07) is 0. The Morgan fingerprint density at radius 1 is 1.46 bits per heavy atom. The lowest BCUT2D eigenvalue weighted by Crippen LogP contribution is -2.29. The van der Waals surface area contributed by atoms with Crippen molar-refractivity contribution in [3.8, 4) is 0 Å². The van der Waals surface area contributed by atoms with Crippen molar-refractivity contribution in [1.82, 2.24) is 0 Å². The van der Waals surface area contributed by atoms with Gasteiger partial charge in [0.25, 0.3) is 0 Å². The van der Waals surface area contributed by atoms with Gasteiger partial charge in [-0.1, -0.05) is 6.08 Å². The second-order valence-corrected chi connectivity index (χ2v) is 6.11. The van der Waals surface area contributed by atoms with E-state index in [-0.39, 0.29) is 11.4 Å². The molecule has 3 rings (SSSR count). The second-order valence-electron chi connectivity index (χ2n) is 4.26. The van der Waals surface area contributed by atoms with Gasteiger partial charge in [0.05, 0.1) is 11.4 Å². The summed E-state index contributed by atoms with van der Waals surface area (Å²) in [7, 11) is -3.01. The van der Waals surface area contributed by atoms with E-state index in [9.17, 15) is 8.42 Å². The lowest BCUT2D eigenvalue weighted by atomic mass is 9.87. The van der Waals surface area contributed by atoms with Gasteiger partial charge < -0.3 is 4.74 Å². The first-order valence-electron chi connectivity index (χ1n) is 4.28. The van der Waals surface area contributed by atoms with Crippen LogP contribution < -0.4 is 0 Å². The highest BCUT2D eigenvalue weighted by molar-refractivity contribution is 7.94. The molecule has 0 aromatic heterocycles. The van der Waals surface area contributed by atoms with Crippen LogP contribution in [0.4, 0.5) is 0 Å². The molecule has 4 heteroatoms. The van der Waals surface area contributed by atoms with Crippen LogP contribution in [0, 0.1) is 0 Å². The van der Waals surface area contributed by atoms with Crippen molar-refractivity contribution in [3.05, 3.63) is 23.1 Å². The SMILES string of the molecule is C[C@@]12C=C[C@]3(CS(=O)(=O)C=C3C1)O2. The van der Waals surface area contributed by atoms with Gasteiger partial charge in [-0.2, -0.15) is 0 Å². The Balaban J connectivity index is 2.21. The van der Waals surface area contributed by atoms with E-state index in [1.165, 1.54) is 5.41 Å². The third-order valence-corrected chi connectivity index (χ3v) is 4.42. The maximum Gasteiger partial charge on any atom is 0.175 e. The molecular weight excluding hydrogens is 188 g/mol. The van der Waals surface area contributed by atoms with Crippen molar-refractivity contribution >= 4 is 9.84 Å². The number of fused-ring (bicyclic) bond motifs is 1. The van der Waals surface area contributed by atoms with Crippen LogP contribution in [0.2, 0.25) is 0 Å². The number of hydrogen-bond donors (Lipinski definition) is 0. The largest absolute Gasteiger partial charge is 0.355 e. The molecule has 1 spiro atoms. The third-order valence-electron chi connectivity index (χ3n) is 2.94. The van der Waals surface area contributed by atoms with Crippen molar-refractivity contribution < 1.29 is 13.2 Å². The molecule has 1 fully saturated rings. The smallest absolute Gasteiger partial charge is 0.175 e. The molecule has 1 saturated heterocycles. The van der Waals surface area contributed by atoms with Crippen LogP contribution in [0.3, 0.4) is 0 Å². The van der Waals surface area contributed by atoms with Gasteiger partial charge in [0.2, 0.25) is 0 Å². The quantitative estimate of drug-likeness (QED) is 0.540. The Hall–Kier alpha value is -0.610. The van der Waals surface area contributed by atoms with E-state index in [1.54, 1.807) is 0 Å². The summed E-state index contributed by atoms with van der Waals surface area (Å²) in [5.74, 6) is 0.0986. The van der Waals surface area contributed by atoms with Crippen molar-refractivity contribution in [2.45, 2.75) is 24.5 Å². The van der Waals surface area contributed by atoms with Crippen LogP contribution in [-0.4, -0.2) is 25.4 Å². The molecule has 0 amide bonds. The highest BCUT2D eigenvalue weighted by atomic mass is 32.2. The molecule has 0 unspecified atom stereocenters. The van der Waals surface area contributed by atoms with Gasteiger partial charge in [-0.3, -0.25) is 0 Å². The summed E-state index contributed by atoms with van der Waals surface area (Å²) in [6.45, 7) is 1.99. The fourth-order valence-corrected chi connectivity index (χ4v) is 4.20. The first-order chi connectivity index (χ1) is 5.93. The van der Waals surface area contributed by atoms with Crippen molar-refractivity contribution in [3.63, 3.8) is 0 Å². The maximum atomic E-state index is 11.3. The Bertz CT molecular complexity index is 445. The van der Waals surface area contributed by atoms with E-state index in [4.69, 9.17) is 4.74 Å². The molecule has 70 valence electrons. The zero-order valence-electron chi connectivity index (χ0n) is 7.28. The average Bonchev–Trinajstić information content (AvgIpc) is 2.42. The van der Waals surface area contributed by atoms with E-state index in [1.807, 2.05) is 19.1 Å². The predicted octanol–water partition coefficient (Wildman–Crippen LogP) is 0.786. The van der Waals surface area contributed by atoms with Crippen molar-refractivity contribution in [1.29, 1.82) is 0 Å². The second kappa shape index (κ2) is 1.77. The topological polar surface area (TPSA) is 43.4 Å². The van der Waals surface area contributed by atoms with Gasteiger partial charge >= 0.3 is 0 Å².